The topological polar surface area (TPSA) is 104 Å². The van der Waals surface area contributed by atoms with Crippen molar-refractivity contribution in [1.29, 1.82) is 0 Å². The van der Waals surface area contributed by atoms with Crippen LogP contribution in [0.15, 0.2) is 12.5 Å². The largest absolute Gasteiger partial charge is 0.351 e. The summed E-state index contributed by atoms with van der Waals surface area (Å²) in [5.41, 5.74) is 6.94. The van der Waals surface area contributed by atoms with E-state index in [1.807, 2.05) is 18.7 Å². The molecule has 21 heavy (non-hydrogen) atoms. The molecule has 0 saturated heterocycles. The van der Waals surface area contributed by atoms with Gasteiger partial charge in [-0.2, -0.15) is 10.2 Å². The van der Waals surface area contributed by atoms with Crippen molar-refractivity contribution in [3.8, 4) is 0 Å². The maximum absolute atomic E-state index is 12.1. The smallest absolute Gasteiger partial charge is 0.254 e. The molecule has 8 heteroatoms. The second kappa shape index (κ2) is 6.98. The summed E-state index contributed by atoms with van der Waals surface area (Å²) in [6.07, 6.45) is 4.69. The molecule has 0 bridgehead atoms. The zero-order valence-corrected chi connectivity index (χ0v) is 12.4. The monoisotopic (exact) mass is 291 g/mol. The molecule has 0 saturated carbocycles. The Hall–Kier alpha value is -2.22. The number of nitrogens with zero attached hydrogens (tertiary/aromatic N) is 5. The van der Waals surface area contributed by atoms with Crippen LogP contribution in [0.5, 0.6) is 0 Å². The van der Waals surface area contributed by atoms with Crippen LogP contribution in [0.4, 0.5) is 0 Å². The van der Waals surface area contributed by atoms with Crippen molar-refractivity contribution >= 4 is 5.91 Å². The van der Waals surface area contributed by atoms with Gasteiger partial charge in [0.05, 0.1) is 11.8 Å². The maximum Gasteiger partial charge on any atom is 0.254 e. The molecule has 3 N–H and O–H groups in total. The minimum absolute atomic E-state index is 0.123. The van der Waals surface area contributed by atoms with Gasteiger partial charge >= 0.3 is 0 Å². The Morgan fingerprint density at radius 1 is 1.48 bits per heavy atom. The fourth-order valence-corrected chi connectivity index (χ4v) is 2.02. The normalized spacial score (nSPS) is 10.8. The molecule has 2 aromatic rings. The van der Waals surface area contributed by atoms with Crippen molar-refractivity contribution in [2.75, 3.05) is 13.1 Å². The number of nitrogens with two attached hydrogens (primary N) is 1. The number of aromatic nitrogens is 5. The van der Waals surface area contributed by atoms with Crippen LogP contribution in [0.25, 0.3) is 0 Å². The molecular formula is C13H21N7O. The van der Waals surface area contributed by atoms with Crippen molar-refractivity contribution in [2.24, 2.45) is 12.8 Å². The Morgan fingerprint density at radius 3 is 2.95 bits per heavy atom. The van der Waals surface area contributed by atoms with Crippen molar-refractivity contribution in [1.82, 2.24) is 29.9 Å². The molecule has 0 aliphatic carbocycles. The van der Waals surface area contributed by atoms with E-state index in [-0.39, 0.29) is 5.91 Å². The predicted octanol–water partition coefficient (Wildman–Crippen LogP) is -0.359. The molecule has 0 aliphatic heterocycles. The molecule has 0 atom stereocenters. The number of aryl methyl sites for hydroxylation is 2. The van der Waals surface area contributed by atoms with Crippen LogP contribution in [0.2, 0.25) is 0 Å². The Kier molecular flexibility index (Phi) is 5.04. The third-order valence-corrected chi connectivity index (χ3v) is 3.20. The van der Waals surface area contributed by atoms with Crippen LogP contribution in [0, 0.1) is 6.92 Å². The maximum atomic E-state index is 12.1. The first-order valence-electron chi connectivity index (χ1n) is 6.97. The quantitative estimate of drug-likeness (QED) is 0.725. The number of nitrogens with one attached hydrogen (secondary N) is 1. The van der Waals surface area contributed by atoms with Gasteiger partial charge in [0, 0.05) is 32.3 Å². The molecule has 114 valence electrons. The van der Waals surface area contributed by atoms with Gasteiger partial charge in [-0.3, -0.25) is 14.2 Å². The first-order valence-corrected chi connectivity index (χ1v) is 6.97. The highest BCUT2D eigenvalue weighted by Crippen LogP contribution is 2.07. The van der Waals surface area contributed by atoms with Gasteiger partial charge in [-0.25, -0.2) is 4.98 Å². The fourth-order valence-electron chi connectivity index (χ4n) is 2.02. The van der Waals surface area contributed by atoms with Crippen LogP contribution < -0.4 is 11.1 Å². The number of hydrogen-bond acceptors (Lipinski definition) is 5. The molecule has 0 unspecified atom stereocenters. The Labute approximate surface area is 123 Å². The van der Waals surface area contributed by atoms with E-state index in [0.29, 0.717) is 30.9 Å². The summed E-state index contributed by atoms with van der Waals surface area (Å²) >= 11 is 0. The summed E-state index contributed by atoms with van der Waals surface area (Å²) in [5, 5.41) is 11.2. The van der Waals surface area contributed by atoms with Gasteiger partial charge in [-0.05, 0) is 19.9 Å². The Balaban J connectivity index is 1.87. The molecule has 0 aliphatic rings. The Bertz CT molecular complexity index is 601. The van der Waals surface area contributed by atoms with Gasteiger partial charge in [-0.15, -0.1) is 0 Å². The van der Waals surface area contributed by atoms with Crippen molar-refractivity contribution in [3.63, 3.8) is 0 Å². The molecule has 0 radical (unpaired) electrons. The SMILES string of the molecule is Cc1c(C(=O)NCCc2ncn(C)n2)cnn1CCCN. The lowest BCUT2D eigenvalue weighted by atomic mass is 10.2. The van der Waals surface area contributed by atoms with Crippen LogP contribution in [-0.4, -0.2) is 43.5 Å². The summed E-state index contributed by atoms with van der Waals surface area (Å²) in [6, 6.07) is 0. The van der Waals surface area contributed by atoms with Crippen LogP contribution >= 0.6 is 0 Å². The standard InChI is InChI=1S/C13H21N7O/c1-10-11(8-17-20(10)7-3-5-14)13(21)15-6-4-12-16-9-19(2)18-12/h8-9H,3-7,14H2,1-2H3,(H,15,21). The van der Waals surface area contributed by atoms with Gasteiger partial charge in [0.2, 0.25) is 0 Å². The fraction of sp³-hybridized carbons (Fsp3) is 0.538. The highest BCUT2D eigenvalue weighted by atomic mass is 16.1. The molecule has 2 aromatic heterocycles. The Morgan fingerprint density at radius 2 is 2.29 bits per heavy atom. The van der Waals surface area contributed by atoms with Crippen molar-refractivity contribution in [3.05, 3.63) is 29.6 Å². The van der Waals surface area contributed by atoms with E-state index in [1.165, 1.54) is 0 Å². The lowest BCUT2D eigenvalue weighted by molar-refractivity contribution is 0.0953. The zero-order valence-electron chi connectivity index (χ0n) is 12.4. The predicted molar refractivity (Wildman–Crippen MR) is 77.7 cm³/mol. The van der Waals surface area contributed by atoms with Crippen LogP contribution in [-0.2, 0) is 20.0 Å². The third kappa shape index (κ3) is 3.88. The first-order chi connectivity index (χ1) is 10.1. The lowest BCUT2D eigenvalue weighted by Crippen LogP contribution is -2.26. The van der Waals surface area contributed by atoms with Crippen LogP contribution in [0.1, 0.15) is 28.3 Å². The number of amides is 1. The highest BCUT2D eigenvalue weighted by Gasteiger charge is 2.13. The van der Waals surface area contributed by atoms with Gasteiger partial charge < -0.3 is 11.1 Å². The van der Waals surface area contributed by atoms with Gasteiger partial charge in [0.25, 0.3) is 5.91 Å². The summed E-state index contributed by atoms with van der Waals surface area (Å²) in [7, 11) is 1.81. The molecule has 1 amide bonds. The van der Waals surface area contributed by atoms with Crippen LogP contribution in [0.3, 0.4) is 0 Å². The number of carbonyl (C=O) groups is 1. The van der Waals surface area contributed by atoms with E-state index in [1.54, 1.807) is 17.2 Å². The summed E-state index contributed by atoms with van der Waals surface area (Å²) in [4.78, 5) is 16.2. The average molecular weight is 291 g/mol. The highest BCUT2D eigenvalue weighted by molar-refractivity contribution is 5.95. The number of hydrogen-bond donors (Lipinski definition) is 2. The minimum atomic E-state index is -0.123. The van der Waals surface area contributed by atoms with E-state index < -0.39 is 0 Å². The number of carbonyl (C=O) groups excluding carboxylic acids is 1. The van der Waals surface area contributed by atoms with E-state index in [0.717, 1.165) is 18.7 Å². The van der Waals surface area contributed by atoms with E-state index in [4.69, 9.17) is 5.73 Å². The molecule has 0 aromatic carbocycles. The molecule has 0 spiro atoms. The van der Waals surface area contributed by atoms with Crippen molar-refractivity contribution in [2.45, 2.75) is 26.3 Å². The van der Waals surface area contributed by atoms with Crippen molar-refractivity contribution < 1.29 is 4.79 Å². The van der Waals surface area contributed by atoms with E-state index in [9.17, 15) is 4.79 Å². The molecule has 0 fully saturated rings. The van der Waals surface area contributed by atoms with Gasteiger partial charge in [-0.1, -0.05) is 0 Å². The van der Waals surface area contributed by atoms with Gasteiger partial charge in [0.1, 0.15) is 6.33 Å². The lowest BCUT2D eigenvalue weighted by Gasteiger charge is -2.05. The molecule has 8 nitrogen and oxygen atoms in total. The summed E-state index contributed by atoms with van der Waals surface area (Å²) < 4.78 is 3.45. The molecule has 2 heterocycles. The average Bonchev–Trinajstić information content (AvgIpc) is 3.03. The molecular weight excluding hydrogens is 270 g/mol. The van der Waals surface area contributed by atoms with E-state index >= 15 is 0 Å². The minimum Gasteiger partial charge on any atom is -0.351 e. The first kappa shape index (κ1) is 15.2. The summed E-state index contributed by atoms with van der Waals surface area (Å²) in [6.45, 7) is 3.72. The van der Waals surface area contributed by atoms with E-state index in [2.05, 4.69) is 20.5 Å². The summed E-state index contributed by atoms with van der Waals surface area (Å²) in [5.74, 6) is 0.593. The third-order valence-electron chi connectivity index (χ3n) is 3.20. The number of rotatable bonds is 7. The van der Waals surface area contributed by atoms with Gasteiger partial charge in [0.15, 0.2) is 5.82 Å². The second-order valence-corrected chi connectivity index (χ2v) is 4.85. The zero-order chi connectivity index (χ0) is 15.2. The molecule has 2 rings (SSSR count). The second-order valence-electron chi connectivity index (χ2n) is 4.85.